The third-order valence-corrected chi connectivity index (χ3v) is 3.86. The van der Waals surface area contributed by atoms with Gasteiger partial charge in [-0.1, -0.05) is 13.3 Å². The second-order valence-electron chi connectivity index (χ2n) is 4.21. The van der Waals surface area contributed by atoms with Crippen LogP contribution in [0.25, 0.3) is 20.4 Å². The Labute approximate surface area is 107 Å². The predicted octanol–water partition coefficient (Wildman–Crippen LogP) is 3.06. The highest BCUT2D eigenvalue weighted by Gasteiger charge is 2.12. The van der Waals surface area contributed by atoms with Crippen molar-refractivity contribution in [2.75, 3.05) is 0 Å². The van der Waals surface area contributed by atoms with Crippen molar-refractivity contribution < 1.29 is 4.42 Å². The van der Waals surface area contributed by atoms with E-state index in [1.165, 1.54) is 11.3 Å². The van der Waals surface area contributed by atoms with E-state index in [1.54, 1.807) is 6.92 Å². The van der Waals surface area contributed by atoms with Crippen molar-refractivity contribution in [2.45, 2.75) is 26.7 Å². The lowest BCUT2D eigenvalue weighted by molar-refractivity contribution is 0.468. The maximum Gasteiger partial charge on any atom is 0.357 e. The van der Waals surface area contributed by atoms with Crippen LogP contribution in [0.3, 0.4) is 0 Å². The number of thiophene rings is 1. The van der Waals surface area contributed by atoms with E-state index in [0.29, 0.717) is 16.1 Å². The van der Waals surface area contributed by atoms with Crippen LogP contribution in [0.1, 0.15) is 24.9 Å². The number of pyridine rings is 1. The lowest BCUT2D eigenvalue weighted by Gasteiger charge is -1.97. The Morgan fingerprint density at radius 3 is 2.94 bits per heavy atom. The zero-order valence-electron chi connectivity index (χ0n) is 10.2. The number of hydrogen-bond donors (Lipinski definition) is 0. The van der Waals surface area contributed by atoms with Crippen molar-refractivity contribution in [3.63, 3.8) is 0 Å². The van der Waals surface area contributed by atoms with Crippen LogP contribution in [0.4, 0.5) is 0 Å². The fraction of sp³-hybridized carbons (Fsp3) is 0.308. The van der Waals surface area contributed by atoms with Crippen LogP contribution in [-0.2, 0) is 6.42 Å². The van der Waals surface area contributed by atoms with Gasteiger partial charge in [-0.2, -0.15) is 0 Å². The molecular weight excluding hydrogens is 248 g/mol. The van der Waals surface area contributed by atoms with Crippen molar-refractivity contribution in [1.29, 1.82) is 0 Å². The Kier molecular flexibility index (Phi) is 2.63. The topological polar surface area (TPSA) is 56.0 Å². The number of fused-ring (bicyclic) bond motifs is 3. The quantitative estimate of drug-likeness (QED) is 0.710. The molecule has 3 aromatic heterocycles. The number of nitrogens with zero attached hydrogens (tertiary/aromatic N) is 2. The largest absolute Gasteiger partial charge is 0.408 e. The van der Waals surface area contributed by atoms with Crippen LogP contribution >= 0.6 is 11.3 Å². The molecule has 0 bridgehead atoms. The summed E-state index contributed by atoms with van der Waals surface area (Å²) in [5.41, 5.74) is 1.44. The molecule has 3 aromatic rings. The summed E-state index contributed by atoms with van der Waals surface area (Å²) in [5.74, 6) is 0.393. The summed E-state index contributed by atoms with van der Waals surface area (Å²) < 4.78 is 5.57. The van der Waals surface area contributed by atoms with E-state index >= 15 is 0 Å². The average molecular weight is 260 g/mol. The van der Waals surface area contributed by atoms with Gasteiger partial charge >= 0.3 is 5.63 Å². The van der Waals surface area contributed by atoms with Gasteiger partial charge in [0.2, 0.25) is 0 Å². The van der Waals surface area contributed by atoms with Crippen LogP contribution < -0.4 is 5.63 Å². The van der Waals surface area contributed by atoms with Crippen molar-refractivity contribution >= 4 is 31.8 Å². The van der Waals surface area contributed by atoms with Gasteiger partial charge in [-0.3, -0.25) is 0 Å². The number of aromatic nitrogens is 2. The number of hydrogen-bond acceptors (Lipinski definition) is 5. The molecule has 0 aliphatic carbocycles. The summed E-state index contributed by atoms with van der Waals surface area (Å²) in [5, 5.41) is 0.936. The molecule has 0 atom stereocenters. The van der Waals surface area contributed by atoms with E-state index in [2.05, 4.69) is 16.9 Å². The van der Waals surface area contributed by atoms with E-state index in [-0.39, 0.29) is 5.63 Å². The maximum atomic E-state index is 11.8. The second kappa shape index (κ2) is 4.17. The fourth-order valence-electron chi connectivity index (χ4n) is 2.01. The summed E-state index contributed by atoms with van der Waals surface area (Å²) in [4.78, 5) is 21.5. The van der Waals surface area contributed by atoms with Crippen LogP contribution in [0.5, 0.6) is 0 Å². The third kappa shape index (κ3) is 1.71. The second-order valence-corrected chi connectivity index (χ2v) is 5.20. The zero-order valence-corrected chi connectivity index (χ0v) is 11.0. The normalized spacial score (nSPS) is 11.4. The Morgan fingerprint density at radius 1 is 1.33 bits per heavy atom. The molecule has 4 nitrogen and oxygen atoms in total. The average Bonchev–Trinajstić information content (AvgIpc) is 2.68. The highest BCUT2D eigenvalue weighted by atomic mass is 32.1. The van der Waals surface area contributed by atoms with E-state index < -0.39 is 0 Å². The van der Waals surface area contributed by atoms with Crippen LogP contribution in [0, 0.1) is 6.92 Å². The minimum atomic E-state index is -0.322. The number of rotatable bonds is 2. The molecule has 0 aliphatic heterocycles. The SMILES string of the molecule is CCCc1ccc2c(n1)sc1c(=O)oc(C)nc12. The van der Waals surface area contributed by atoms with Crippen molar-refractivity contribution in [3.8, 4) is 0 Å². The molecule has 5 heteroatoms. The Bertz CT molecular complexity index is 789. The molecular formula is C13H12N2O2S. The Hall–Kier alpha value is -1.75. The van der Waals surface area contributed by atoms with Crippen LogP contribution in [-0.4, -0.2) is 9.97 Å². The zero-order chi connectivity index (χ0) is 12.7. The Balaban J connectivity index is 2.36. The molecule has 0 saturated carbocycles. The van der Waals surface area contributed by atoms with Gasteiger partial charge in [-0.05, 0) is 18.6 Å². The van der Waals surface area contributed by atoms with Gasteiger partial charge in [0.1, 0.15) is 15.0 Å². The minimum Gasteiger partial charge on any atom is -0.408 e. The molecule has 3 rings (SSSR count). The monoisotopic (exact) mass is 260 g/mol. The molecule has 0 fully saturated rings. The highest BCUT2D eigenvalue weighted by Crippen LogP contribution is 2.29. The summed E-state index contributed by atoms with van der Waals surface area (Å²) in [6, 6.07) is 4.00. The number of aryl methyl sites for hydroxylation is 2. The third-order valence-electron chi connectivity index (χ3n) is 2.79. The lowest BCUT2D eigenvalue weighted by Crippen LogP contribution is -1.99. The molecule has 18 heavy (non-hydrogen) atoms. The first-order valence-corrected chi connectivity index (χ1v) is 6.70. The molecule has 0 unspecified atom stereocenters. The van der Waals surface area contributed by atoms with Gasteiger partial charge in [0.05, 0.1) is 0 Å². The minimum absolute atomic E-state index is 0.322. The standard InChI is InChI=1S/C13H12N2O2S/c1-3-4-8-5-6-9-10-11(18-12(9)15-8)13(16)17-7(2)14-10/h5-6H,3-4H2,1-2H3. The van der Waals surface area contributed by atoms with E-state index in [4.69, 9.17) is 4.42 Å². The first kappa shape index (κ1) is 11.3. The molecule has 0 amide bonds. The fourth-order valence-corrected chi connectivity index (χ4v) is 3.02. The van der Waals surface area contributed by atoms with Gasteiger partial charge in [0, 0.05) is 18.0 Å². The molecule has 0 N–H and O–H groups in total. The summed E-state index contributed by atoms with van der Waals surface area (Å²) in [6.07, 6.45) is 2.01. The lowest BCUT2D eigenvalue weighted by atomic mass is 10.2. The van der Waals surface area contributed by atoms with Gasteiger partial charge in [-0.15, -0.1) is 11.3 Å². The molecule has 92 valence electrons. The van der Waals surface area contributed by atoms with E-state index in [1.807, 2.05) is 12.1 Å². The molecule has 3 heterocycles. The van der Waals surface area contributed by atoms with Gasteiger partial charge in [0.25, 0.3) is 0 Å². The summed E-state index contributed by atoms with van der Waals surface area (Å²) in [7, 11) is 0. The first-order valence-electron chi connectivity index (χ1n) is 5.89. The smallest absolute Gasteiger partial charge is 0.357 e. The van der Waals surface area contributed by atoms with Crippen LogP contribution in [0.15, 0.2) is 21.3 Å². The summed E-state index contributed by atoms with van der Waals surface area (Å²) >= 11 is 1.36. The van der Waals surface area contributed by atoms with Gasteiger partial charge in [-0.25, -0.2) is 14.8 Å². The van der Waals surface area contributed by atoms with Crippen LogP contribution in [0.2, 0.25) is 0 Å². The molecule has 0 aromatic carbocycles. The molecule has 0 aliphatic rings. The van der Waals surface area contributed by atoms with Gasteiger partial charge < -0.3 is 4.42 Å². The van der Waals surface area contributed by atoms with Crippen molar-refractivity contribution in [3.05, 3.63) is 34.1 Å². The van der Waals surface area contributed by atoms with E-state index in [9.17, 15) is 4.79 Å². The van der Waals surface area contributed by atoms with Crippen molar-refractivity contribution in [1.82, 2.24) is 9.97 Å². The highest BCUT2D eigenvalue weighted by molar-refractivity contribution is 7.25. The molecule has 0 saturated heterocycles. The predicted molar refractivity (Wildman–Crippen MR) is 72.2 cm³/mol. The maximum absolute atomic E-state index is 11.8. The van der Waals surface area contributed by atoms with Crippen molar-refractivity contribution in [2.24, 2.45) is 0 Å². The molecule has 0 radical (unpaired) electrons. The van der Waals surface area contributed by atoms with Gasteiger partial charge in [0.15, 0.2) is 5.89 Å². The Morgan fingerprint density at radius 2 is 2.17 bits per heavy atom. The summed E-state index contributed by atoms with van der Waals surface area (Å²) in [6.45, 7) is 3.81. The van der Waals surface area contributed by atoms with E-state index in [0.717, 1.165) is 28.8 Å². The first-order chi connectivity index (χ1) is 8.69. The molecule has 0 spiro atoms.